The number of hydrogen-bond donors (Lipinski definition) is 1. The van der Waals surface area contributed by atoms with Crippen molar-refractivity contribution in [1.82, 2.24) is 9.97 Å². The third kappa shape index (κ3) is 3.82. The van der Waals surface area contributed by atoms with Gasteiger partial charge >= 0.3 is 0 Å². The van der Waals surface area contributed by atoms with Gasteiger partial charge in [-0.1, -0.05) is 23.7 Å². The number of para-hydroxylation sites is 1. The van der Waals surface area contributed by atoms with Crippen LogP contribution in [0.1, 0.15) is 6.92 Å². The quantitative estimate of drug-likeness (QED) is 0.519. The number of aromatic nitrogens is 2. The molecule has 0 aliphatic heterocycles. The van der Waals surface area contributed by atoms with Gasteiger partial charge in [0.25, 0.3) is 5.91 Å². The van der Waals surface area contributed by atoms with Gasteiger partial charge in [-0.3, -0.25) is 9.78 Å². The summed E-state index contributed by atoms with van der Waals surface area (Å²) in [7, 11) is 0. The zero-order valence-electron chi connectivity index (χ0n) is 14.9. The van der Waals surface area contributed by atoms with Gasteiger partial charge in [0.1, 0.15) is 11.3 Å². The summed E-state index contributed by atoms with van der Waals surface area (Å²) in [5.41, 5.74) is 2.70. The second kappa shape index (κ2) is 7.70. The molecule has 2 aromatic heterocycles. The summed E-state index contributed by atoms with van der Waals surface area (Å²) in [4.78, 5) is 20.9. The Morgan fingerprint density at radius 2 is 1.93 bits per heavy atom. The van der Waals surface area contributed by atoms with E-state index in [1.807, 2.05) is 12.1 Å². The molecular formula is C21H16ClN3O3. The number of halogens is 1. The number of carbonyl (C=O) groups is 1. The molecule has 0 saturated heterocycles. The number of amides is 1. The predicted molar refractivity (Wildman–Crippen MR) is 107 cm³/mol. The van der Waals surface area contributed by atoms with E-state index in [0.717, 1.165) is 5.56 Å². The van der Waals surface area contributed by atoms with Crippen molar-refractivity contribution < 1.29 is 13.9 Å². The molecule has 0 aliphatic rings. The van der Waals surface area contributed by atoms with E-state index in [-0.39, 0.29) is 5.91 Å². The minimum atomic E-state index is -0.722. The Hall–Kier alpha value is -3.38. The highest BCUT2D eigenvalue weighted by molar-refractivity contribution is 6.32. The Morgan fingerprint density at radius 1 is 1.14 bits per heavy atom. The molecule has 7 heteroatoms. The van der Waals surface area contributed by atoms with Crippen LogP contribution in [0.4, 0.5) is 5.69 Å². The molecule has 1 atom stereocenters. The Balaban J connectivity index is 1.49. The van der Waals surface area contributed by atoms with Gasteiger partial charge in [0.2, 0.25) is 5.89 Å². The molecular weight excluding hydrogens is 378 g/mol. The Bertz CT molecular complexity index is 1130. The fourth-order valence-corrected chi connectivity index (χ4v) is 2.83. The zero-order chi connectivity index (χ0) is 19.5. The average molecular weight is 394 g/mol. The number of ether oxygens (including phenoxy) is 1. The normalized spacial score (nSPS) is 11.9. The zero-order valence-corrected chi connectivity index (χ0v) is 15.7. The molecule has 28 heavy (non-hydrogen) atoms. The summed E-state index contributed by atoms with van der Waals surface area (Å²) < 4.78 is 11.4. The minimum absolute atomic E-state index is 0.294. The lowest BCUT2D eigenvalue weighted by Crippen LogP contribution is -2.30. The van der Waals surface area contributed by atoms with E-state index >= 15 is 0 Å². The maximum Gasteiger partial charge on any atom is 0.265 e. The number of nitrogens with one attached hydrogen (secondary N) is 1. The van der Waals surface area contributed by atoms with Gasteiger partial charge in [0.15, 0.2) is 11.7 Å². The van der Waals surface area contributed by atoms with Crippen molar-refractivity contribution in [2.45, 2.75) is 13.0 Å². The predicted octanol–water partition coefficient (Wildman–Crippen LogP) is 4.95. The van der Waals surface area contributed by atoms with Crippen LogP contribution in [-0.4, -0.2) is 22.0 Å². The molecule has 1 unspecified atom stereocenters. The summed E-state index contributed by atoms with van der Waals surface area (Å²) in [6.45, 7) is 1.66. The number of anilines is 1. The van der Waals surface area contributed by atoms with E-state index in [0.29, 0.717) is 33.4 Å². The van der Waals surface area contributed by atoms with Gasteiger partial charge in [-0.2, -0.15) is 0 Å². The van der Waals surface area contributed by atoms with E-state index in [2.05, 4.69) is 15.3 Å². The Morgan fingerprint density at radius 3 is 2.71 bits per heavy atom. The lowest BCUT2D eigenvalue weighted by molar-refractivity contribution is -0.122. The lowest BCUT2D eigenvalue weighted by atomic mass is 10.2. The number of nitrogens with zero attached hydrogens (tertiary/aromatic N) is 2. The first-order valence-electron chi connectivity index (χ1n) is 8.63. The van der Waals surface area contributed by atoms with E-state index in [1.165, 1.54) is 0 Å². The molecule has 0 saturated carbocycles. The molecule has 6 nitrogen and oxygen atoms in total. The fraction of sp³-hybridized carbons (Fsp3) is 0.0952. The first-order chi connectivity index (χ1) is 13.6. The van der Waals surface area contributed by atoms with Gasteiger partial charge < -0.3 is 14.5 Å². The minimum Gasteiger partial charge on any atom is -0.479 e. The van der Waals surface area contributed by atoms with Crippen molar-refractivity contribution in [3.8, 4) is 17.2 Å². The summed E-state index contributed by atoms with van der Waals surface area (Å²) in [6, 6.07) is 15.9. The van der Waals surface area contributed by atoms with Crippen molar-refractivity contribution in [2.75, 3.05) is 5.32 Å². The second-order valence-electron chi connectivity index (χ2n) is 6.12. The van der Waals surface area contributed by atoms with Crippen LogP contribution in [0.5, 0.6) is 5.75 Å². The Labute approximate surface area is 166 Å². The topological polar surface area (TPSA) is 77.2 Å². The van der Waals surface area contributed by atoms with Gasteiger partial charge in [-0.05, 0) is 49.4 Å². The van der Waals surface area contributed by atoms with Crippen LogP contribution in [0, 0.1) is 0 Å². The summed E-state index contributed by atoms with van der Waals surface area (Å²) in [5, 5.41) is 3.28. The van der Waals surface area contributed by atoms with Gasteiger partial charge in [-0.25, -0.2) is 4.98 Å². The number of oxazole rings is 1. The largest absolute Gasteiger partial charge is 0.479 e. The highest BCUT2D eigenvalue weighted by atomic mass is 35.5. The van der Waals surface area contributed by atoms with Gasteiger partial charge in [-0.15, -0.1) is 0 Å². The van der Waals surface area contributed by atoms with E-state index in [9.17, 15) is 4.79 Å². The van der Waals surface area contributed by atoms with Gasteiger partial charge in [0, 0.05) is 23.6 Å². The first kappa shape index (κ1) is 18.0. The van der Waals surface area contributed by atoms with E-state index < -0.39 is 6.10 Å². The number of benzene rings is 2. The number of fused-ring (bicyclic) bond motifs is 1. The highest BCUT2D eigenvalue weighted by Crippen LogP contribution is 2.27. The molecule has 2 aromatic carbocycles. The van der Waals surface area contributed by atoms with Crippen LogP contribution in [-0.2, 0) is 4.79 Å². The van der Waals surface area contributed by atoms with Gasteiger partial charge in [0.05, 0.1) is 5.02 Å². The molecule has 1 amide bonds. The molecule has 0 fully saturated rings. The second-order valence-corrected chi connectivity index (χ2v) is 6.52. The van der Waals surface area contributed by atoms with E-state index in [4.69, 9.17) is 20.8 Å². The molecule has 2 heterocycles. The van der Waals surface area contributed by atoms with Crippen LogP contribution in [0.25, 0.3) is 22.6 Å². The standard InChI is InChI=1S/C21H16ClN3O3/c1-13(27-18-5-3-2-4-16(18)22)20(26)24-15-6-7-19-17(12-15)25-21(28-19)14-8-10-23-11-9-14/h2-13H,1H3,(H,24,26). The van der Waals surface area contributed by atoms with Crippen molar-refractivity contribution in [3.05, 3.63) is 72.0 Å². The number of rotatable bonds is 5. The average Bonchev–Trinajstić information content (AvgIpc) is 3.14. The molecule has 0 radical (unpaired) electrons. The van der Waals surface area contributed by atoms with Crippen molar-refractivity contribution in [3.63, 3.8) is 0 Å². The number of hydrogen-bond acceptors (Lipinski definition) is 5. The van der Waals surface area contributed by atoms with Crippen LogP contribution < -0.4 is 10.1 Å². The van der Waals surface area contributed by atoms with Crippen LogP contribution in [0.3, 0.4) is 0 Å². The SMILES string of the molecule is CC(Oc1ccccc1Cl)C(=O)Nc1ccc2oc(-c3ccncc3)nc2c1. The third-order valence-corrected chi connectivity index (χ3v) is 4.40. The molecule has 4 rings (SSSR count). The molecule has 140 valence electrons. The lowest BCUT2D eigenvalue weighted by Gasteiger charge is -2.15. The smallest absolute Gasteiger partial charge is 0.265 e. The van der Waals surface area contributed by atoms with E-state index in [1.54, 1.807) is 61.8 Å². The molecule has 4 aromatic rings. The third-order valence-electron chi connectivity index (χ3n) is 4.09. The summed E-state index contributed by atoms with van der Waals surface area (Å²) in [6.07, 6.45) is 2.63. The monoisotopic (exact) mass is 393 g/mol. The maximum atomic E-state index is 12.5. The summed E-state index contributed by atoms with van der Waals surface area (Å²) in [5.74, 6) is 0.661. The molecule has 1 N–H and O–H groups in total. The van der Waals surface area contributed by atoms with Crippen molar-refractivity contribution in [1.29, 1.82) is 0 Å². The Kier molecular flexibility index (Phi) is 4.95. The number of carbonyl (C=O) groups excluding carboxylic acids is 1. The molecule has 0 spiro atoms. The summed E-state index contributed by atoms with van der Waals surface area (Å²) >= 11 is 6.07. The molecule has 0 aliphatic carbocycles. The van der Waals surface area contributed by atoms with Crippen molar-refractivity contribution >= 4 is 34.3 Å². The van der Waals surface area contributed by atoms with Crippen molar-refractivity contribution in [2.24, 2.45) is 0 Å². The maximum absolute atomic E-state index is 12.5. The van der Waals surface area contributed by atoms with Crippen LogP contribution >= 0.6 is 11.6 Å². The highest BCUT2D eigenvalue weighted by Gasteiger charge is 2.17. The molecule has 0 bridgehead atoms. The number of pyridine rings is 1. The first-order valence-corrected chi connectivity index (χ1v) is 9.01. The van der Waals surface area contributed by atoms with Crippen LogP contribution in [0.2, 0.25) is 5.02 Å². The fourth-order valence-electron chi connectivity index (χ4n) is 2.65. The van der Waals surface area contributed by atoms with Crippen LogP contribution in [0.15, 0.2) is 71.4 Å².